The molecule has 1 aromatic carbocycles. The van der Waals surface area contributed by atoms with Crippen molar-refractivity contribution >= 4 is 17.7 Å². The minimum absolute atomic E-state index is 0.00787. The number of aromatic nitrogens is 2. The lowest BCUT2D eigenvalue weighted by Crippen LogP contribution is -2.04. The summed E-state index contributed by atoms with van der Waals surface area (Å²) in [5.41, 5.74) is -0.201. The number of aromatic carboxylic acids is 1. The minimum atomic E-state index is -1.17. The van der Waals surface area contributed by atoms with Crippen LogP contribution in [0.2, 0.25) is 0 Å². The van der Waals surface area contributed by atoms with Crippen molar-refractivity contribution in [1.29, 1.82) is 0 Å². The predicted octanol–water partition coefficient (Wildman–Crippen LogP) is 2.69. The number of ether oxygens (including phenoxy) is 1. The SMILES string of the molecule is CSc1ccccc1Oc1nccnc1C(=O)O. The second-order valence-electron chi connectivity index (χ2n) is 3.27. The zero-order valence-corrected chi connectivity index (χ0v) is 10.3. The Morgan fingerprint density at radius 2 is 2.00 bits per heavy atom. The molecule has 6 heteroatoms. The van der Waals surface area contributed by atoms with Crippen LogP contribution < -0.4 is 4.74 Å². The van der Waals surface area contributed by atoms with E-state index in [-0.39, 0.29) is 11.6 Å². The molecule has 5 nitrogen and oxygen atoms in total. The van der Waals surface area contributed by atoms with E-state index in [1.165, 1.54) is 24.2 Å². The summed E-state index contributed by atoms with van der Waals surface area (Å²) >= 11 is 1.51. The minimum Gasteiger partial charge on any atom is -0.476 e. The van der Waals surface area contributed by atoms with Crippen LogP contribution in [0, 0.1) is 0 Å². The fourth-order valence-corrected chi connectivity index (χ4v) is 1.88. The number of para-hydroxylation sites is 1. The van der Waals surface area contributed by atoms with Crippen LogP contribution in [-0.2, 0) is 0 Å². The second-order valence-corrected chi connectivity index (χ2v) is 4.12. The van der Waals surface area contributed by atoms with E-state index in [9.17, 15) is 4.79 Å². The van der Waals surface area contributed by atoms with Crippen molar-refractivity contribution in [2.75, 3.05) is 6.26 Å². The fraction of sp³-hybridized carbons (Fsp3) is 0.0833. The number of benzene rings is 1. The van der Waals surface area contributed by atoms with Gasteiger partial charge in [-0.15, -0.1) is 11.8 Å². The molecule has 0 aliphatic rings. The van der Waals surface area contributed by atoms with Crippen molar-refractivity contribution in [1.82, 2.24) is 9.97 Å². The van der Waals surface area contributed by atoms with Gasteiger partial charge in [-0.2, -0.15) is 0 Å². The first-order valence-electron chi connectivity index (χ1n) is 5.07. The number of thioether (sulfide) groups is 1. The molecule has 0 atom stereocenters. The van der Waals surface area contributed by atoms with E-state index >= 15 is 0 Å². The lowest BCUT2D eigenvalue weighted by Gasteiger charge is -2.09. The Kier molecular flexibility index (Phi) is 3.78. The molecule has 0 bridgehead atoms. The largest absolute Gasteiger partial charge is 0.476 e. The summed E-state index contributed by atoms with van der Waals surface area (Å²) in [5.74, 6) is -0.612. The number of hydrogen-bond donors (Lipinski definition) is 1. The Morgan fingerprint density at radius 1 is 1.28 bits per heavy atom. The van der Waals surface area contributed by atoms with Gasteiger partial charge in [-0.1, -0.05) is 12.1 Å². The van der Waals surface area contributed by atoms with E-state index in [1.807, 2.05) is 24.5 Å². The van der Waals surface area contributed by atoms with Gasteiger partial charge < -0.3 is 9.84 Å². The summed E-state index contributed by atoms with van der Waals surface area (Å²) in [7, 11) is 0. The maximum atomic E-state index is 11.0. The maximum Gasteiger partial charge on any atom is 0.360 e. The van der Waals surface area contributed by atoms with Crippen LogP contribution in [-0.4, -0.2) is 27.3 Å². The molecule has 1 N–H and O–H groups in total. The molecule has 1 heterocycles. The number of nitrogens with zero attached hydrogens (tertiary/aromatic N) is 2. The lowest BCUT2D eigenvalue weighted by atomic mass is 10.3. The van der Waals surface area contributed by atoms with Crippen molar-refractivity contribution < 1.29 is 14.6 Å². The van der Waals surface area contributed by atoms with Gasteiger partial charge in [0.1, 0.15) is 5.75 Å². The molecule has 2 rings (SSSR count). The monoisotopic (exact) mass is 262 g/mol. The topological polar surface area (TPSA) is 72.3 Å². The van der Waals surface area contributed by atoms with Crippen LogP contribution in [0.1, 0.15) is 10.5 Å². The highest BCUT2D eigenvalue weighted by molar-refractivity contribution is 7.98. The Bertz CT molecular complexity index is 575. The smallest absolute Gasteiger partial charge is 0.360 e. The molecule has 1 aromatic heterocycles. The van der Waals surface area contributed by atoms with Crippen molar-refractivity contribution in [3.8, 4) is 11.6 Å². The Hall–Kier alpha value is -2.08. The molecule has 18 heavy (non-hydrogen) atoms. The van der Waals surface area contributed by atoms with Gasteiger partial charge in [0.2, 0.25) is 5.69 Å². The highest BCUT2D eigenvalue weighted by Crippen LogP contribution is 2.31. The molecule has 0 aliphatic carbocycles. The number of carboxylic acid groups (broad SMARTS) is 1. The fourth-order valence-electron chi connectivity index (χ4n) is 1.35. The average Bonchev–Trinajstić information content (AvgIpc) is 2.40. The first-order valence-corrected chi connectivity index (χ1v) is 6.30. The number of carboxylic acids is 1. The molecule has 0 amide bonds. The van der Waals surface area contributed by atoms with Crippen molar-refractivity contribution in [3.63, 3.8) is 0 Å². The van der Waals surface area contributed by atoms with E-state index in [1.54, 1.807) is 6.07 Å². The summed E-state index contributed by atoms with van der Waals surface area (Å²) in [6.07, 6.45) is 4.62. The number of hydrogen-bond acceptors (Lipinski definition) is 5. The van der Waals surface area contributed by atoms with Gasteiger partial charge in [-0.05, 0) is 18.4 Å². The molecular weight excluding hydrogens is 252 g/mol. The van der Waals surface area contributed by atoms with Gasteiger partial charge in [0, 0.05) is 17.3 Å². The third-order valence-corrected chi connectivity index (χ3v) is 2.92. The standard InChI is InChI=1S/C12H10N2O3S/c1-18-9-5-3-2-4-8(9)17-11-10(12(15)16)13-6-7-14-11/h2-7H,1H3,(H,15,16). The lowest BCUT2D eigenvalue weighted by molar-refractivity contribution is 0.0686. The predicted molar refractivity (Wildman–Crippen MR) is 67.3 cm³/mol. The Morgan fingerprint density at radius 3 is 2.72 bits per heavy atom. The molecule has 0 fully saturated rings. The summed E-state index contributed by atoms with van der Waals surface area (Å²) in [5, 5.41) is 8.98. The quantitative estimate of drug-likeness (QED) is 0.854. The van der Waals surface area contributed by atoms with Gasteiger partial charge in [0.05, 0.1) is 0 Å². The Labute approximate surface area is 108 Å². The van der Waals surface area contributed by atoms with Crippen LogP contribution in [0.25, 0.3) is 0 Å². The van der Waals surface area contributed by atoms with Gasteiger partial charge in [-0.25, -0.2) is 14.8 Å². The van der Waals surface area contributed by atoms with Crippen LogP contribution in [0.15, 0.2) is 41.6 Å². The van der Waals surface area contributed by atoms with Gasteiger partial charge in [-0.3, -0.25) is 0 Å². The first kappa shape index (κ1) is 12.4. The molecule has 0 saturated heterocycles. The van der Waals surface area contributed by atoms with Crippen molar-refractivity contribution in [2.45, 2.75) is 4.90 Å². The summed E-state index contributed by atoms with van der Waals surface area (Å²) in [4.78, 5) is 19.5. The normalized spacial score (nSPS) is 10.1. The maximum absolute atomic E-state index is 11.0. The van der Waals surface area contributed by atoms with Gasteiger partial charge >= 0.3 is 5.97 Å². The zero-order chi connectivity index (χ0) is 13.0. The summed E-state index contributed by atoms with van der Waals surface area (Å²) in [6.45, 7) is 0. The van der Waals surface area contributed by atoms with E-state index < -0.39 is 5.97 Å². The molecule has 0 radical (unpaired) electrons. The highest BCUT2D eigenvalue weighted by Gasteiger charge is 2.15. The van der Waals surface area contributed by atoms with E-state index in [0.717, 1.165) is 4.90 Å². The van der Waals surface area contributed by atoms with Crippen LogP contribution in [0.3, 0.4) is 0 Å². The number of carbonyl (C=O) groups is 1. The molecule has 0 saturated carbocycles. The third-order valence-electron chi connectivity index (χ3n) is 2.14. The van der Waals surface area contributed by atoms with E-state index in [0.29, 0.717) is 5.75 Å². The van der Waals surface area contributed by atoms with Crippen LogP contribution in [0.4, 0.5) is 0 Å². The van der Waals surface area contributed by atoms with Gasteiger partial charge in [0.15, 0.2) is 0 Å². The zero-order valence-electron chi connectivity index (χ0n) is 9.53. The molecular formula is C12H10N2O3S. The van der Waals surface area contributed by atoms with Crippen molar-refractivity contribution in [3.05, 3.63) is 42.4 Å². The first-order chi connectivity index (χ1) is 8.72. The van der Waals surface area contributed by atoms with E-state index in [2.05, 4.69) is 9.97 Å². The molecule has 0 spiro atoms. The molecule has 2 aromatic rings. The Balaban J connectivity index is 2.37. The summed E-state index contributed by atoms with van der Waals surface area (Å²) in [6, 6.07) is 7.34. The highest BCUT2D eigenvalue weighted by atomic mass is 32.2. The van der Waals surface area contributed by atoms with Gasteiger partial charge in [0.25, 0.3) is 5.88 Å². The van der Waals surface area contributed by atoms with Crippen LogP contribution in [0.5, 0.6) is 11.6 Å². The average molecular weight is 262 g/mol. The molecule has 0 aliphatic heterocycles. The third kappa shape index (κ3) is 2.60. The number of rotatable bonds is 4. The van der Waals surface area contributed by atoms with Crippen LogP contribution >= 0.6 is 11.8 Å². The molecule has 92 valence electrons. The summed E-state index contributed by atoms with van der Waals surface area (Å²) < 4.78 is 5.52. The second kappa shape index (κ2) is 5.50. The van der Waals surface area contributed by atoms with E-state index in [4.69, 9.17) is 9.84 Å². The molecule has 0 unspecified atom stereocenters. The van der Waals surface area contributed by atoms with Crippen molar-refractivity contribution in [2.24, 2.45) is 0 Å².